The monoisotopic (exact) mass is 362 g/mol. The fraction of sp³-hybridized carbons (Fsp3) is 0.0952. The molecule has 0 unspecified atom stereocenters. The number of rotatable bonds is 6. The van der Waals surface area contributed by atoms with Gasteiger partial charge in [-0.3, -0.25) is 14.9 Å². The number of non-ortho nitro benzene ring substituents is 1. The Morgan fingerprint density at radius 2 is 1.56 bits per heavy atom. The van der Waals surface area contributed by atoms with E-state index in [-0.39, 0.29) is 11.6 Å². The largest absolute Gasteiger partial charge is 0.489 e. The fourth-order valence-corrected chi connectivity index (χ4v) is 2.64. The minimum atomic E-state index is -0.417. The molecular formula is C21H18N2O4. The Balaban J connectivity index is 1.68. The molecule has 0 radical (unpaired) electrons. The molecule has 0 aliphatic heterocycles. The second-order valence-corrected chi connectivity index (χ2v) is 5.96. The second kappa shape index (κ2) is 8.14. The first-order valence-electron chi connectivity index (χ1n) is 8.36. The summed E-state index contributed by atoms with van der Waals surface area (Å²) in [6, 6.07) is 21.4. The Morgan fingerprint density at radius 3 is 2.15 bits per heavy atom. The number of carbonyl (C=O) groups is 1. The van der Waals surface area contributed by atoms with Crippen LogP contribution >= 0.6 is 0 Å². The molecule has 3 aromatic carbocycles. The van der Waals surface area contributed by atoms with Crippen molar-refractivity contribution in [2.75, 3.05) is 5.32 Å². The maximum Gasteiger partial charge on any atom is 0.269 e. The molecule has 0 spiro atoms. The van der Waals surface area contributed by atoms with Gasteiger partial charge in [0.2, 0.25) is 5.91 Å². The maximum absolute atomic E-state index is 11.3. The van der Waals surface area contributed by atoms with Gasteiger partial charge >= 0.3 is 0 Å². The summed E-state index contributed by atoms with van der Waals surface area (Å²) in [7, 11) is 0. The molecular weight excluding hydrogens is 344 g/mol. The van der Waals surface area contributed by atoms with Crippen LogP contribution in [0.4, 0.5) is 11.4 Å². The van der Waals surface area contributed by atoms with Crippen molar-refractivity contribution in [2.45, 2.75) is 13.5 Å². The Kier molecular flexibility index (Phi) is 5.47. The van der Waals surface area contributed by atoms with Crippen LogP contribution in [0.3, 0.4) is 0 Å². The van der Waals surface area contributed by atoms with Crippen molar-refractivity contribution < 1.29 is 14.5 Å². The number of para-hydroxylation sites is 1. The molecule has 0 atom stereocenters. The van der Waals surface area contributed by atoms with Crippen molar-refractivity contribution in [1.29, 1.82) is 0 Å². The van der Waals surface area contributed by atoms with Crippen LogP contribution < -0.4 is 10.1 Å². The molecule has 1 N–H and O–H groups in total. The van der Waals surface area contributed by atoms with Crippen LogP contribution in [0.15, 0.2) is 72.8 Å². The van der Waals surface area contributed by atoms with Gasteiger partial charge in [-0.1, -0.05) is 30.3 Å². The normalized spacial score (nSPS) is 10.3. The molecule has 136 valence electrons. The zero-order valence-corrected chi connectivity index (χ0v) is 14.7. The smallest absolute Gasteiger partial charge is 0.269 e. The van der Waals surface area contributed by atoms with E-state index in [0.29, 0.717) is 12.4 Å². The molecule has 0 aliphatic carbocycles. The fourth-order valence-electron chi connectivity index (χ4n) is 2.64. The van der Waals surface area contributed by atoms with E-state index in [4.69, 9.17) is 4.74 Å². The number of benzene rings is 3. The summed E-state index contributed by atoms with van der Waals surface area (Å²) in [5.41, 5.74) is 3.51. The number of nitro benzene ring substituents is 1. The van der Waals surface area contributed by atoms with E-state index in [2.05, 4.69) is 5.32 Å². The van der Waals surface area contributed by atoms with Crippen LogP contribution in [0.5, 0.6) is 5.75 Å². The van der Waals surface area contributed by atoms with Gasteiger partial charge in [0.15, 0.2) is 0 Å². The number of hydrogen-bond acceptors (Lipinski definition) is 4. The number of amides is 1. The summed E-state index contributed by atoms with van der Waals surface area (Å²) in [5, 5.41) is 13.5. The van der Waals surface area contributed by atoms with Crippen molar-refractivity contribution in [1.82, 2.24) is 0 Å². The highest BCUT2D eigenvalue weighted by Crippen LogP contribution is 2.25. The van der Waals surface area contributed by atoms with Crippen LogP contribution in [0.1, 0.15) is 12.5 Å². The number of ether oxygens (including phenoxy) is 1. The minimum Gasteiger partial charge on any atom is -0.489 e. The van der Waals surface area contributed by atoms with E-state index >= 15 is 0 Å². The molecule has 6 heteroatoms. The molecule has 0 bridgehead atoms. The van der Waals surface area contributed by atoms with Gasteiger partial charge in [0.1, 0.15) is 12.4 Å². The van der Waals surface area contributed by atoms with E-state index in [0.717, 1.165) is 22.4 Å². The number of anilines is 1. The van der Waals surface area contributed by atoms with E-state index in [1.807, 2.05) is 48.5 Å². The first-order valence-corrected chi connectivity index (χ1v) is 8.36. The molecule has 0 aliphatic rings. The van der Waals surface area contributed by atoms with E-state index in [1.54, 1.807) is 12.1 Å². The summed E-state index contributed by atoms with van der Waals surface area (Å²) in [6.45, 7) is 1.79. The van der Waals surface area contributed by atoms with E-state index in [1.165, 1.54) is 19.1 Å². The summed E-state index contributed by atoms with van der Waals surface area (Å²) in [4.78, 5) is 21.6. The molecule has 6 nitrogen and oxygen atoms in total. The van der Waals surface area contributed by atoms with Crippen molar-refractivity contribution in [2.24, 2.45) is 0 Å². The van der Waals surface area contributed by atoms with Gasteiger partial charge in [-0.15, -0.1) is 0 Å². The number of nitrogens with one attached hydrogen (secondary N) is 1. The summed E-state index contributed by atoms with van der Waals surface area (Å²) < 4.78 is 5.82. The summed E-state index contributed by atoms with van der Waals surface area (Å²) >= 11 is 0. The van der Waals surface area contributed by atoms with Crippen LogP contribution in [0.25, 0.3) is 11.1 Å². The molecule has 0 aromatic heterocycles. The Labute approximate surface area is 156 Å². The lowest BCUT2D eigenvalue weighted by Crippen LogP contribution is -2.09. The van der Waals surface area contributed by atoms with Crippen LogP contribution in [-0.4, -0.2) is 10.8 Å². The Hall–Kier alpha value is -3.67. The van der Waals surface area contributed by atoms with Gasteiger partial charge in [-0.2, -0.15) is 0 Å². The van der Waals surface area contributed by atoms with Gasteiger partial charge in [0.05, 0.1) is 4.92 Å². The third-order valence-corrected chi connectivity index (χ3v) is 3.99. The molecule has 0 heterocycles. The molecule has 0 saturated carbocycles. The second-order valence-electron chi connectivity index (χ2n) is 5.96. The predicted octanol–water partition coefficient (Wildman–Crippen LogP) is 4.80. The average molecular weight is 362 g/mol. The average Bonchev–Trinajstić information content (AvgIpc) is 2.67. The highest BCUT2D eigenvalue weighted by molar-refractivity contribution is 5.89. The molecule has 1 amide bonds. The van der Waals surface area contributed by atoms with Crippen molar-refractivity contribution in [3.8, 4) is 16.9 Å². The van der Waals surface area contributed by atoms with E-state index in [9.17, 15) is 14.9 Å². The number of hydrogen-bond donors (Lipinski definition) is 1. The predicted molar refractivity (Wildman–Crippen MR) is 104 cm³/mol. The quantitative estimate of drug-likeness (QED) is 0.504. The lowest BCUT2D eigenvalue weighted by atomic mass is 10.1. The van der Waals surface area contributed by atoms with E-state index < -0.39 is 4.92 Å². The third-order valence-electron chi connectivity index (χ3n) is 3.99. The summed E-state index contributed by atoms with van der Waals surface area (Å²) in [5.74, 6) is 0.563. The summed E-state index contributed by atoms with van der Waals surface area (Å²) in [6.07, 6.45) is 0. The topological polar surface area (TPSA) is 81.5 Å². The number of carbonyl (C=O) groups excluding carboxylic acids is 1. The standard InChI is InChI=1S/C21H18N2O4/c1-15(24)22-21-5-3-2-4-18(21)14-27-20-12-8-17(9-13-20)16-6-10-19(11-7-16)23(25)26/h2-13H,14H2,1H3,(H,22,24). The minimum absolute atomic E-state index is 0.0662. The first kappa shape index (κ1) is 18.1. The lowest BCUT2D eigenvalue weighted by molar-refractivity contribution is -0.384. The van der Waals surface area contributed by atoms with Crippen molar-refractivity contribution >= 4 is 17.3 Å². The zero-order chi connectivity index (χ0) is 19.2. The third kappa shape index (κ3) is 4.70. The highest BCUT2D eigenvalue weighted by Gasteiger charge is 2.07. The molecule has 3 rings (SSSR count). The van der Waals surface area contributed by atoms with Crippen molar-refractivity contribution in [3.05, 3.63) is 88.5 Å². The number of nitro groups is 1. The van der Waals surface area contributed by atoms with Crippen LogP contribution in [0.2, 0.25) is 0 Å². The van der Waals surface area contributed by atoms with Gasteiger partial charge in [0, 0.05) is 30.3 Å². The Morgan fingerprint density at radius 1 is 0.963 bits per heavy atom. The van der Waals surface area contributed by atoms with Gasteiger partial charge in [-0.05, 0) is 41.5 Å². The molecule has 3 aromatic rings. The van der Waals surface area contributed by atoms with Gasteiger partial charge in [-0.25, -0.2) is 0 Å². The SMILES string of the molecule is CC(=O)Nc1ccccc1COc1ccc(-c2ccc([N+](=O)[O-])cc2)cc1. The van der Waals surface area contributed by atoms with Gasteiger partial charge < -0.3 is 10.1 Å². The first-order chi connectivity index (χ1) is 13.0. The lowest BCUT2D eigenvalue weighted by Gasteiger charge is -2.11. The molecule has 0 fully saturated rings. The maximum atomic E-state index is 11.3. The van der Waals surface area contributed by atoms with Gasteiger partial charge in [0.25, 0.3) is 5.69 Å². The van der Waals surface area contributed by atoms with Crippen LogP contribution in [0, 0.1) is 10.1 Å². The van der Waals surface area contributed by atoms with Crippen molar-refractivity contribution in [3.63, 3.8) is 0 Å². The highest BCUT2D eigenvalue weighted by atomic mass is 16.6. The number of nitrogens with zero attached hydrogens (tertiary/aromatic N) is 1. The molecule has 27 heavy (non-hydrogen) atoms. The zero-order valence-electron chi connectivity index (χ0n) is 14.7. The van der Waals surface area contributed by atoms with Crippen LogP contribution in [-0.2, 0) is 11.4 Å². The molecule has 0 saturated heterocycles. The Bertz CT molecular complexity index is 951.